The third-order valence-corrected chi connectivity index (χ3v) is 4.49. The number of hydrogen-bond acceptors (Lipinski definition) is 3. The van der Waals surface area contributed by atoms with Crippen LogP contribution in [0.15, 0.2) is 24.3 Å². The minimum Gasteiger partial charge on any atom is -0.481 e. The van der Waals surface area contributed by atoms with Crippen molar-refractivity contribution in [3.8, 4) is 0 Å². The molecule has 0 aliphatic heterocycles. The van der Waals surface area contributed by atoms with Crippen molar-refractivity contribution in [1.82, 2.24) is 0 Å². The van der Waals surface area contributed by atoms with Gasteiger partial charge in [0.2, 0.25) is 5.91 Å². The predicted molar refractivity (Wildman–Crippen MR) is 92.5 cm³/mol. The summed E-state index contributed by atoms with van der Waals surface area (Å²) < 4.78 is 0. The summed E-state index contributed by atoms with van der Waals surface area (Å²) in [5.41, 5.74) is 0.471. The quantitative estimate of drug-likeness (QED) is 0.715. The predicted octanol–water partition coefficient (Wildman–Crippen LogP) is 3.77. The number of carboxylic acid groups (broad SMARTS) is 1. The van der Waals surface area contributed by atoms with Crippen LogP contribution in [0.1, 0.15) is 39.7 Å². The van der Waals surface area contributed by atoms with E-state index in [0.29, 0.717) is 22.9 Å². The van der Waals surface area contributed by atoms with Crippen LogP contribution in [0.5, 0.6) is 0 Å². The minimum atomic E-state index is -0.935. The van der Waals surface area contributed by atoms with Gasteiger partial charge in [-0.05, 0) is 49.6 Å². The topological polar surface area (TPSA) is 66.4 Å². The van der Waals surface area contributed by atoms with Gasteiger partial charge in [0.15, 0.2) is 0 Å². The van der Waals surface area contributed by atoms with Crippen LogP contribution in [-0.4, -0.2) is 28.5 Å². The Hall–Kier alpha value is -1.49. The average Bonchev–Trinajstić information content (AvgIpc) is 2.44. The fourth-order valence-electron chi connectivity index (χ4n) is 1.77. The Morgan fingerprint density at radius 3 is 2.32 bits per heavy atom. The maximum atomic E-state index is 11.8. The molecule has 1 amide bonds. The van der Waals surface area contributed by atoms with Crippen molar-refractivity contribution in [2.75, 3.05) is 16.8 Å². The second kappa shape index (κ2) is 8.22. The van der Waals surface area contributed by atoms with E-state index in [2.05, 4.69) is 19.2 Å². The number of anilines is 1. The number of carboxylic acids is 1. The summed E-state index contributed by atoms with van der Waals surface area (Å²) in [4.78, 5) is 23.0. The highest BCUT2D eigenvalue weighted by molar-refractivity contribution is 7.99. The van der Waals surface area contributed by atoms with E-state index in [1.54, 1.807) is 49.9 Å². The van der Waals surface area contributed by atoms with E-state index in [0.717, 1.165) is 12.2 Å². The van der Waals surface area contributed by atoms with Gasteiger partial charge >= 0.3 is 5.97 Å². The molecule has 0 aromatic heterocycles. The number of aliphatic carboxylic acids is 1. The fourth-order valence-corrected chi connectivity index (χ4v) is 2.81. The first-order valence-corrected chi connectivity index (χ1v) is 8.60. The van der Waals surface area contributed by atoms with Gasteiger partial charge in [0.05, 0.1) is 11.2 Å². The summed E-state index contributed by atoms with van der Waals surface area (Å²) in [6.45, 7) is 7.66. The van der Waals surface area contributed by atoms with Crippen molar-refractivity contribution in [3.63, 3.8) is 0 Å². The minimum absolute atomic E-state index is 0.0287. The van der Waals surface area contributed by atoms with Crippen LogP contribution in [0.4, 0.5) is 5.69 Å². The average molecular weight is 323 g/mol. The standard InChI is InChI=1S/C17H25NO3S/c1-12(2)9-10-22-11-15(19)18-14-7-5-13(6-8-14)17(3,4)16(20)21/h5-8,12H,9-11H2,1-4H3,(H,18,19)(H,20,21). The van der Waals surface area contributed by atoms with Crippen molar-refractivity contribution in [2.24, 2.45) is 5.92 Å². The molecule has 1 aromatic carbocycles. The summed E-state index contributed by atoms with van der Waals surface area (Å²) in [6, 6.07) is 6.98. The number of benzene rings is 1. The molecule has 1 rings (SSSR count). The van der Waals surface area contributed by atoms with Gasteiger partial charge in [-0.2, -0.15) is 11.8 Å². The van der Waals surface area contributed by atoms with E-state index < -0.39 is 11.4 Å². The monoisotopic (exact) mass is 323 g/mol. The van der Waals surface area contributed by atoms with Crippen molar-refractivity contribution in [2.45, 2.75) is 39.5 Å². The van der Waals surface area contributed by atoms with E-state index in [1.165, 1.54) is 0 Å². The lowest BCUT2D eigenvalue weighted by atomic mass is 9.85. The number of hydrogen-bond donors (Lipinski definition) is 2. The summed E-state index contributed by atoms with van der Waals surface area (Å²) in [7, 11) is 0. The van der Waals surface area contributed by atoms with Crippen LogP contribution in [0.3, 0.4) is 0 Å². The molecule has 2 N–H and O–H groups in total. The molecule has 0 aliphatic carbocycles. The van der Waals surface area contributed by atoms with Gasteiger partial charge in [-0.1, -0.05) is 26.0 Å². The van der Waals surface area contributed by atoms with E-state index in [1.807, 2.05) is 0 Å². The number of amides is 1. The number of rotatable bonds is 8. The molecule has 0 spiro atoms. The first kappa shape index (κ1) is 18.6. The second-order valence-corrected chi connectivity index (χ2v) is 7.40. The normalized spacial score (nSPS) is 11.5. The Balaban J connectivity index is 2.51. The van der Waals surface area contributed by atoms with Crippen molar-refractivity contribution >= 4 is 29.3 Å². The van der Waals surface area contributed by atoms with Gasteiger partial charge in [0, 0.05) is 5.69 Å². The van der Waals surface area contributed by atoms with Gasteiger partial charge in [0.1, 0.15) is 0 Å². The van der Waals surface area contributed by atoms with Gasteiger partial charge in [-0.3, -0.25) is 9.59 Å². The Labute approximate surface area is 136 Å². The van der Waals surface area contributed by atoms with Crippen LogP contribution in [0.25, 0.3) is 0 Å². The molecule has 0 unspecified atom stereocenters. The van der Waals surface area contributed by atoms with Crippen molar-refractivity contribution in [3.05, 3.63) is 29.8 Å². The van der Waals surface area contributed by atoms with Gasteiger partial charge in [-0.25, -0.2) is 0 Å². The van der Waals surface area contributed by atoms with Crippen LogP contribution in [0, 0.1) is 5.92 Å². The third kappa shape index (κ3) is 5.72. The SMILES string of the molecule is CC(C)CCSCC(=O)Nc1ccc(C(C)(C)C(=O)O)cc1. The molecule has 0 aliphatic rings. The van der Waals surface area contributed by atoms with Crippen molar-refractivity contribution in [1.29, 1.82) is 0 Å². The maximum Gasteiger partial charge on any atom is 0.313 e. The van der Waals surface area contributed by atoms with Crippen LogP contribution >= 0.6 is 11.8 Å². The van der Waals surface area contributed by atoms with E-state index in [9.17, 15) is 14.7 Å². The molecule has 0 heterocycles. The molecular formula is C17H25NO3S. The molecule has 0 saturated carbocycles. The third-order valence-electron chi connectivity index (χ3n) is 3.50. The Morgan fingerprint density at radius 2 is 1.82 bits per heavy atom. The number of nitrogens with one attached hydrogen (secondary N) is 1. The zero-order chi connectivity index (χ0) is 16.8. The largest absolute Gasteiger partial charge is 0.481 e. The number of carbonyl (C=O) groups is 2. The molecule has 4 nitrogen and oxygen atoms in total. The molecule has 122 valence electrons. The lowest BCUT2D eigenvalue weighted by Gasteiger charge is -2.19. The number of carbonyl (C=O) groups excluding carboxylic acids is 1. The molecule has 1 aromatic rings. The maximum absolute atomic E-state index is 11.8. The Bertz CT molecular complexity index is 509. The van der Waals surface area contributed by atoms with Crippen LogP contribution in [0.2, 0.25) is 0 Å². The highest BCUT2D eigenvalue weighted by Crippen LogP contribution is 2.24. The smallest absolute Gasteiger partial charge is 0.313 e. The summed E-state index contributed by atoms with van der Waals surface area (Å²) in [5.74, 6) is 1.18. The fraction of sp³-hybridized carbons (Fsp3) is 0.529. The zero-order valence-electron chi connectivity index (χ0n) is 13.7. The lowest BCUT2D eigenvalue weighted by Crippen LogP contribution is -2.28. The van der Waals surface area contributed by atoms with Gasteiger partial charge in [0.25, 0.3) is 0 Å². The van der Waals surface area contributed by atoms with Gasteiger partial charge in [-0.15, -0.1) is 0 Å². The first-order chi connectivity index (χ1) is 10.2. The zero-order valence-corrected chi connectivity index (χ0v) is 14.5. The van der Waals surface area contributed by atoms with Gasteiger partial charge < -0.3 is 10.4 Å². The van der Waals surface area contributed by atoms with E-state index >= 15 is 0 Å². The summed E-state index contributed by atoms with van der Waals surface area (Å²) in [5, 5.41) is 12.0. The highest BCUT2D eigenvalue weighted by atomic mass is 32.2. The summed E-state index contributed by atoms with van der Waals surface area (Å²) in [6.07, 6.45) is 1.11. The molecule has 0 saturated heterocycles. The van der Waals surface area contributed by atoms with E-state index in [-0.39, 0.29) is 5.91 Å². The van der Waals surface area contributed by atoms with E-state index in [4.69, 9.17) is 0 Å². The summed E-state index contributed by atoms with van der Waals surface area (Å²) >= 11 is 1.63. The van der Waals surface area contributed by atoms with Crippen LogP contribution in [-0.2, 0) is 15.0 Å². The van der Waals surface area contributed by atoms with Crippen molar-refractivity contribution < 1.29 is 14.7 Å². The lowest BCUT2D eigenvalue weighted by molar-refractivity contribution is -0.142. The number of thioether (sulfide) groups is 1. The Morgan fingerprint density at radius 1 is 1.23 bits per heavy atom. The highest BCUT2D eigenvalue weighted by Gasteiger charge is 2.29. The molecule has 22 heavy (non-hydrogen) atoms. The van der Waals surface area contributed by atoms with Crippen LogP contribution < -0.4 is 5.32 Å². The molecule has 0 atom stereocenters. The Kier molecular flexibility index (Phi) is 6.94. The molecule has 0 bridgehead atoms. The molecule has 0 fully saturated rings. The molecule has 0 radical (unpaired) electrons. The molecular weight excluding hydrogens is 298 g/mol. The molecule has 5 heteroatoms. The second-order valence-electron chi connectivity index (χ2n) is 6.29. The first-order valence-electron chi connectivity index (χ1n) is 7.45.